The summed E-state index contributed by atoms with van der Waals surface area (Å²) in [7, 11) is 1.30. The van der Waals surface area contributed by atoms with Gasteiger partial charge < -0.3 is 9.15 Å². The Hall–Kier alpha value is -3.20. The molecule has 2 aromatic heterocycles. The number of thiazole rings is 1. The lowest BCUT2D eigenvalue weighted by atomic mass is 9.96. The van der Waals surface area contributed by atoms with E-state index in [-0.39, 0.29) is 11.1 Å². The van der Waals surface area contributed by atoms with E-state index in [9.17, 15) is 9.59 Å². The lowest BCUT2D eigenvalue weighted by Gasteiger charge is -2.25. The number of esters is 1. The number of methoxy groups -OCH3 is 1. The number of nitrogens with zero attached hydrogens (tertiary/aromatic N) is 2. The number of hydrogen-bond donors (Lipinski definition) is 0. The van der Waals surface area contributed by atoms with Crippen molar-refractivity contribution < 1.29 is 13.9 Å². The van der Waals surface area contributed by atoms with Gasteiger partial charge >= 0.3 is 5.97 Å². The first-order valence-corrected chi connectivity index (χ1v) is 12.6. The van der Waals surface area contributed by atoms with Crippen LogP contribution in [0.4, 0.5) is 0 Å². The van der Waals surface area contributed by atoms with E-state index in [2.05, 4.69) is 20.9 Å². The van der Waals surface area contributed by atoms with Crippen LogP contribution in [0.1, 0.15) is 24.3 Å². The fourth-order valence-corrected chi connectivity index (χ4v) is 5.54. The molecule has 1 atom stereocenters. The number of hydrogen-bond acceptors (Lipinski definition) is 6. The number of carbonyl (C=O) groups excluding carboxylic acids is 1. The minimum atomic E-state index is -0.760. The number of ether oxygens (including phenoxy) is 1. The highest BCUT2D eigenvalue weighted by atomic mass is 79.9. The van der Waals surface area contributed by atoms with Gasteiger partial charge in [0.2, 0.25) is 0 Å². The fraction of sp³-hybridized carbons (Fsp3) is 0.115. The lowest BCUT2D eigenvalue weighted by Crippen LogP contribution is -2.39. The zero-order chi connectivity index (χ0) is 24.7. The van der Waals surface area contributed by atoms with Gasteiger partial charge in [0.1, 0.15) is 17.6 Å². The molecule has 5 rings (SSSR count). The zero-order valence-electron chi connectivity index (χ0n) is 18.6. The number of allylic oxidation sites excluding steroid dienone is 1. The molecule has 0 amide bonds. The topological polar surface area (TPSA) is 73.8 Å². The molecule has 0 spiro atoms. The van der Waals surface area contributed by atoms with Gasteiger partial charge in [0.15, 0.2) is 4.80 Å². The fourth-order valence-electron chi connectivity index (χ4n) is 4.01. The maximum atomic E-state index is 13.6. The molecule has 35 heavy (non-hydrogen) atoms. The average Bonchev–Trinajstić information content (AvgIpc) is 3.43. The number of rotatable bonds is 4. The Kier molecular flexibility index (Phi) is 6.35. The molecule has 0 unspecified atom stereocenters. The molecule has 4 aromatic rings. The Morgan fingerprint density at radius 2 is 1.91 bits per heavy atom. The molecule has 0 fully saturated rings. The highest BCUT2D eigenvalue weighted by Gasteiger charge is 2.34. The van der Waals surface area contributed by atoms with Crippen molar-refractivity contribution in [2.45, 2.75) is 13.0 Å². The molecule has 0 saturated heterocycles. The summed E-state index contributed by atoms with van der Waals surface area (Å²) < 4.78 is 13.9. The van der Waals surface area contributed by atoms with Gasteiger partial charge in [-0.05, 0) is 42.8 Å². The molecule has 2 aromatic carbocycles. The minimum Gasteiger partial charge on any atom is -0.466 e. The number of aromatic nitrogens is 1. The van der Waals surface area contributed by atoms with Gasteiger partial charge in [0.05, 0.1) is 22.9 Å². The van der Waals surface area contributed by atoms with E-state index >= 15 is 0 Å². The minimum absolute atomic E-state index is 0.273. The van der Waals surface area contributed by atoms with Crippen molar-refractivity contribution in [1.29, 1.82) is 0 Å². The molecule has 1 aliphatic heterocycles. The summed E-state index contributed by atoms with van der Waals surface area (Å²) in [5.41, 5.74) is 1.99. The maximum absolute atomic E-state index is 13.6. The number of fused-ring (bicyclic) bond motifs is 1. The van der Waals surface area contributed by atoms with Crippen LogP contribution < -0.4 is 14.9 Å². The number of furan rings is 1. The van der Waals surface area contributed by atoms with Crippen molar-refractivity contribution >= 4 is 50.9 Å². The van der Waals surface area contributed by atoms with E-state index in [1.165, 1.54) is 23.0 Å². The summed E-state index contributed by atoms with van der Waals surface area (Å²) in [6.45, 7) is 1.73. The van der Waals surface area contributed by atoms with Gasteiger partial charge in [-0.1, -0.05) is 69.2 Å². The van der Waals surface area contributed by atoms with Crippen molar-refractivity contribution in [3.63, 3.8) is 0 Å². The van der Waals surface area contributed by atoms with Crippen molar-refractivity contribution in [3.8, 4) is 11.3 Å². The summed E-state index contributed by atoms with van der Waals surface area (Å²) in [6.07, 6.45) is 1.69. The second kappa shape index (κ2) is 9.45. The number of carbonyl (C=O) groups is 1. The molecule has 3 heterocycles. The largest absolute Gasteiger partial charge is 0.466 e. The molecule has 6 nitrogen and oxygen atoms in total. The van der Waals surface area contributed by atoms with Crippen LogP contribution in [0.25, 0.3) is 17.4 Å². The second-order valence-electron chi connectivity index (χ2n) is 7.80. The predicted molar refractivity (Wildman–Crippen MR) is 139 cm³/mol. The molecule has 0 aliphatic carbocycles. The normalized spacial score (nSPS) is 15.7. The van der Waals surface area contributed by atoms with Gasteiger partial charge in [0, 0.05) is 21.1 Å². The van der Waals surface area contributed by atoms with Gasteiger partial charge in [-0.2, -0.15) is 0 Å². The van der Waals surface area contributed by atoms with Crippen LogP contribution in [0.5, 0.6) is 0 Å². The summed E-state index contributed by atoms with van der Waals surface area (Å²) in [6, 6.07) is 17.8. The van der Waals surface area contributed by atoms with E-state index in [0.717, 1.165) is 10.0 Å². The van der Waals surface area contributed by atoms with Crippen molar-refractivity contribution in [3.05, 3.63) is 112 Å². The smallest absolute Gasteiger partial charge is 0.338 e. The van der Waals surface area contributed by atoms with Crippen molar-refractivity contribution in [2.75, 3.05) is 7.11 Å². The molecule has 0 bridgehead atoms. The van der Waals surface area contributed by atoms with Crippen LogP contribution >= 0.6 is 38.9 Å². The Morgan fingerprint density at radius 1 is 1.17 bits per heavy atom. The van der Waals surface area contributed by atoms with Gasteiger partial charge in [0.25, 0.3) is 5.56 Å². The summed E-state index contributed by atoms with van der Waals surface area (Å²) in [5.74, 6) is 0.663. The zero-order valence-corrected chi connectivity index (χ0v) is 21.8. The highest BCUT2D eigenvalue weighted by Crippen LogP contribution is 2.34. The molecule has 0 radical (unpaired) electrons. The quantitative estimate of drug-likeness (QED) is 0.321. The molecule has 9 heteroatoms. The molecule has 0 N–H and O–H groups in total. The van der Waals surface area contributed by atoms with Crippen LogP contribution in [0.3, 0.4) is 0 Å². The average molecular weight is 570 g/mol. The molecular formula is C26H18BrClN2O4S. The van der Waals surface area contributed by atoms with E-state index in [0.29, 0.717) is 37.1 Å². The Bertz CT molecular complexity index is 1660. The van der Waals surface area contributed by atoms with Crippen LogP contribution in [0.15, 0.2) is 90.6 Å². The van der Waals surface area contributed by atoms with Crippen molar-refractivity contribution in [1.82, 2.24) is 4.57 Å². The predicted octanol–water partition coefficient (Wildman–Crippen LogP) is 5.08. The first-order chi connectivity index (χ1) is 16.9. The van der Waals surface area contributed by atoms with E-state index < -0.39 is 12.0 Å². The molecule has 176 valence electrons. The third kappa shape index (κ3) is 4.33. The van der Waals surface area contributed by atoms with Gasteiger partial charge in [-0.3, -0.25) is 9.36 Å². The highest BCUT2D eigenvalue weighted by molar-refractivity contribution is 9.10. The molecule has 0 saturated carbocycles. The monoisotopic (exact) mass is 568 g/mol. The van der Waals surface area contributed by atoms with E-state index in [1.807, 2.05) is 42.5 Å². The lowest BCUT2D eigenvalue weighted by molar-refractivity contribution is -0.136. The molecular weight excluding hydrogens is 552 g/mol. The number of benzene rings is 2. The van der Waals surface area contributed by atoms with Crippen LogP contribution in [0, 0.1) is 0 Å². The summed E-state index contributed by atoms with van der Waals surface area (Å²) in [5, 5.41) is 0.438. The summed E-state index contributed by atoms with van der Waals surface area (Å²) >= 11 is 11.2. The van der Waals surface area contributed by atoms with Crippen molar-refractivity contribution in [2.24, 2.45) is 4.99 Å². The van der Waals surface area contributed by atoms with E-state index in [1.54, 1.807) is 31.2 Å². The van der Waals surface area contributed by atoms with Gasteiger partial charge in [-0.25, -0.2) is 9.79 Å². The van der Waals surface area contributed by atoms with Crippen LogP contribution in [-0.4, -0.2) is 17.6 Å². The third-order valence-corrected chi connectivity index (χ3v) is 7.51. The summed E-state index contributed by atoms with van der Waals surface area (Å²) in [4.78, 5) is 31.4. The second-order valence-corrected chi connectivity index (χ2v) is 10.1. The molecule has 1 aliphatic rings. The van der Waals surface area contributed by atoms with Gasteiger partial charge in [-0.15, -0.1) is 0 Å². The SMILES string of the molecule is COC(=O)C1=C(C)N=c2s/c(=C\c3ccc(-c4ccc(Br)cc4)o3)c(=O)n2[C@H]1c1ccccc1Cl. The Labute approximate surface area is 217 Å². The maximum Gasteiger partial charge on any atom is 0.338 e. The Morgan fingerprint density at radius 3 is 2.63 bits per heavy atom. The number of halogens is 2. The standard InChI is InChI=1S/C26H18BrClN2O4S/c1-14-22(25(32)33-2)23(18-5-3-4-6-19(18)28)30-24(31)21(35-26(30)29-14)13-17-11-12-20(34-17)15-7-9-16(27)10-8-15/h3-13,23H,1-2H3/b21-13-/t23-/m0/s1. The van der Waals surface area contributed by atoms with Crippen LogP contribution in [-0.2, 0) is 9.53 Å². The van der Waals surface area contributed by atoms with Crippen LogP contribution in [0.2, 0.25) is 5.02 Å². The van der Waals surface area contributed by atoms with E-state index in [4.69, 9.17) is 20.8 Å². The Balaban J connectivity index is 1.66. The third-order valence-electron chi connectivity index (χ3n) is 5.66. The first-order valence-electron chi connectivity index (χ1n) is 10.6. The first kappa shape index (κ1) is 23.5.